The van der Waals surface area contributed by atoms with Gasteiger partial charge in [-0.05, 0) is 18.2 Å². The molecule has 0 aromatic heterocycles. The molecule has 0 N–H and O–H groups in total. The largest absolute Gasteiger partial charge is 0.454 e. The molecule has 1 heterocycles. The average molecular weight is 233 g/mol. The van der Waals surface area contributed by atoms with Crippen LogP contribution in [0.15, 0.2) is 18.2 Å². The zero-order chi connectivity index (χ0) is 10.1. The van der Waals surface area contributed by atoms with E-state index in [0.717, 1.165) is 0 Å². The third-order valence-electron chi connectivity index (χ3n) is 1.86. The predicted octanol–water partition coefficient (Wildman–Crippen LogP) is 2.40. The first kappa shape index (κ1) is 9.62. The second-order valence-corrected chi connectivity index (χ2v) is 3.83. The summed E-state index contributed by atoms with van der Waals surface area (Å²) in [6, 6.07) is 4.84. The number of benzene rings is 1. The van der Waals surface area contributed by atoms with E-state index < -0.39 is 4.84 Å². The molecule has 1 aliphatic rings. The zero-order valence-corrected chi connectivity index (χ0v) is 8.51. The van der Waals surface area contributed by atoms with Crippen LogP contribution in [-0.2, 0) is 0 Å². The molecule has 0 atom stereocenters. The van der Waals surface area contributed by atoms with Gasteiger partial charge in [0.2, 0.25) is 6.79 Å². The fraction of sp³-hybridized carbons (Fsp3) is 0.222. The summed E-state index contributed by atoms with van der Waals surface area (Å²) in [6.45, 7) is 0.179. The normalized spacial score (nSPS) is 13.4. The van der Waals surface area contributed by atoms with Crippen molar-refractivity contribution in [3.63, 3.8) is 0 Å². The van der Waals surface area contributed by atoms with Crippen molar-refractivity contribution in [3.8, 4) is 11.5 Å². The molecule has 0 bridgehead atoms. The third kappa shape index (κ3) is 1.65. The Morgan fingerprint density at radius 3 is 2.71 bits per heavy atom. The van der Waals surface area contributed by atoms with Crippen molar-refractivity contribution in [1.29, 1.82) is 0 Å². The Bertz CT molecular complexity index is 376. The lowest BCUT2D eigenvalue weighted by Gasteiger charge is -2.02. The summed E-state index contributed by atoms with van der Waals surface area (Å²) in [5.41, 5.74) is 0.421. The molecule has 0 saturated carbocycles. The molecule has 0 aliphatic carbocycles. The van der Waals surface area contributed by atoms with Crippen LogP contribution < -0.4 is 9.47 Å². The number of fused-ring (bicyclic) bond motifs is 1. The molecule has 1 aromatic carbocycles. The molecule has 0 radical (unpaired) electrons. The maximum atomic E-state index is 11.4. The first-order chi connectivity index (χ1) is 6.68. The smallest absolute Gasteiger partial charge is 0.231 e. The van der Waals surface area contributed by atoms with Crippen LogP contribution in [0, 0.1) is 0 Å². The Balaban J connectivity index is 2.33. The van der Waals surface area contributed by atoms with Crippen LogP contribution in [-0.4, -0.2) is 17.4 Å². The number of rotatable bonds is 2. The number of alkyl halides is 2. The molecule has 0 spiro atoms. The second-order valence-electron chi connectivity index (χ2n) is 2.73. The van der Waals surface area contributed by atoms with Gasteiger partial charge in [0.05, 0.1) is 0 Å². The molecule has 0 unspecified atom stereocenters. The lowest BCUT2D eigenvalue weighted by molar-refractivity contribution is 0.101. The summed E-state index contributed by atoms with van der Waals surface area (Å²) in [4.78, 5) is 10.3. The molecule has 0 saturated heterocycles. The highest BCUT2D eigenvalue weighted by Crippen LogP contribution is 2.33. The number of carbonyl (C=O) groups excluding carboxylic acids is 1. The van der Waals surface area contributed by atoms with E-state index in [1.54, 1.807) is 18.2 Å². The lowest BCUT2D eigenvalue weighted by Crippen LogP contribution is -2.07. The van der Waals surface area contributed by atoms with Crippen LogP contribution in [0.3, 0.4) is 0 Å². The summed E-state index contributed by atoms with van der Waals surface area (Å²) in [7, 11) is 0. The highest BCUT2D eigenvalue weighted by Gasteiger charge is 2.19. The summed E-state index contributed by atoms with van der Waals surface area (Å²) in [5, 5.41) is 0. The first-order valence-electron chi connectivity index (χ1n) is 3.90. The number of carbonyl (C=O) groups is 1. The number of hydrogen-bond acceptors (Lipinski definition) is 3. The molecule has 0 fully saturated rings. The van der Waals surface area contributed by atoms with Gasteiger partial charge in [0.15, 0.2) is 22.1 Å². The van der Waals surface area contributed by atoms with Crippen molar-refractivity contribution in [3.05, 3.63) is 23.8 Å². The summed E-state index contributed by atoms with van der Waals surface area (Å²) < 4.78 is 10.2. The Hall–Kier alpha value is -0.930. The standard InChI is InChI=1S/C9H6Cl2O3/c10-9(11)8(12)5-1-2-6-7(3-5)14-4-13-6/h1-3,9H,4H2. The lowest BCUT2D eigenvalue weighted by atomic mass is 10.1. The van der Waals surface area contributed by atoms with E-state index in [9.17, 15) is 4.79 Å². The van der Waals surface area contributed by atoms with Gasteiger partial charge in [0.25, 0.3) is 0 Å². The quantitative estimate of drug-likeness (QED) is 0.581. The molecule has 14 heavy (non-hydrogen) atoms. The molecular formula is C9H6Cl2O3. The van der Waals surface area contributed by atoms with Gasteiger partial charge in [0.1, 0.15) is 0 Å². The molecule has 1 aromatic rings. The van der Waals surface area contributed by atoms with Crippen molar-refractivity contribution >= 4 is 29.0 Å². The van der Waals surface area contributed by atoms with E-state index in [1.807, 2.05) is 0 Å². The topological polar surface area (TPSA) is 35.5 Å². The van der Waals surface area contributed by atoms with Crippen molar-refractivity contribution in [1.82, 2.24) is 0 Å². The number of hydrogen-bond donors (Lipinski definition) is 0. The minimum atomic E-state index is -1.05. The van der Waals surface area contributed by atoms with E-state index in [1.165, 1.54) is 0 Å². The maximum absolute atomic E-state index is 11.4. The van der Waals surface area contributed by atoms with Gasteiger partial charge >= 0.3 is 0 Å². The fourth-order valence-electron chi connectivity index (χ4n) is 1.18. The van der Waals surface area contributed by atoms with Crippen LogP contribution in [0.4, 0.5) is 0 Å². The van der Waals surface area contributed by atoms with E-state index in [-0.39, 0.29) is 12.6 Å². The fourth-order valence-corrected chi connectivity index (χ4v) is 1.43. The zero-order valence-electron chi connectivity index (χ0n) is 7.00. The van der Waals surface area contributed by atoms with E-state index in [0.29, 0.717) is 17.1 Å². The van der Waals surface area contributed by atoms with Crippen LogP contribution >= 0.6 is 23.2 Å². The van der Waals surface area contributed by atoms with Crippen LogP contribution in [0.25, 0.3) is 0 Å². The van der Waals surface area contributed by atoms with Gasteiger partial charge in [-0.1, -0.05) is 23.2 Å². The van der Waals surface area contributed by atoms with E-state index >= 15 is 0 Å². The Labute approximate surface area is 90.5 Å². The summed E-state index contributed by atoms with van der Waals surface area (Å²) in [6.07, 6.45) is 0. The van der Waals surface area contributed by atoms with Crippen molar-refractivity contribution in [2.75, 3.05) is 6.79 Å². The third-order valence-corrected chi connectivity index (χ3v) is 2.25. The van der Waals surface area contributed by atoms with Gasteiger partial charge in [0, 0.05) is 5.56 Å². The van der Waals surface area contributed by atoms with Crippen LogP contribution in [0.1, 0.15) is 10.4 Å². The van der Waals surface area contributed by atoms with Crippen molar-refractivity contribution < 1.29 is 14.3 Å². The number of ether oxygens (including phenoxy) is 2. The molecule has 5 heteroatoms. The minimum Gasteiger partial charge on any atom is -0.454 e. The van der Waals surface area contributed by atoms with Gasteiger partial charge in [-0.15, -0.1) is 0 Å². The highest BCUT2D eigenvalue weighted by molar-refractivity contribution is 6.55. The second kappa shape index (κ2) is 3.67. The Morgan fingerprint density at radius 2 is 2.00 bits per heavy atom. The molecule has 0 amide bonds. The van der Waals surface area contributed by atoms with E-state index in [4.69, 9.17) is 32.7 Å². The Kier molecular flexibility index (Phi) is 2.52. The summed E-state index contributed by atoms with van der Waals surface area (Å²) >= 11 is 10.9. The molecule has 3 nitrogen and oxygen atoms in total. The highest BCUT2D eigenvalue weighted by atomic mass is 35.5. The first-order valence-corrected chi connectivity index (χ1v) is 4.78. The SMILES string of the molecule is O=C(c1ccc2c(c1)OCO2)C(Cl)Cl. The number of ketones is 1. The van der Waals surface area contributed by atoms with Gasteiger partial charge in [-0.3, -0.25) is 4.79 Å². The monoisotopic (exact) mass is 232 g/mol. The van der Waals surface area contributed by atoms with Gasteiger partial charge in [-0.2, -0.15) is 0 Å². The number of Topliss-reactive ketones (excluding diaryl/α,β-unsaturated/α-hetero) is 1. The molecule has 1 aliphatic heterocycles. The predicted molar refractivity (Wildman–Crippen MR) is 52.4 cm³/mol. The number of halogens is 2. The van der Waals surface area contributed by atoms with Crippen LogP contribution in [0.2, 0.25) is 0 Å². The maximum Gasteiger partial charge on any atom is 0.231 e. The molecular weight excluding hydrogens is 227 g/mol. The van der Waals surface area contributed by atoms with E-state index in [2.05, 4.69) is 0 Å². The van der Waals surface area contributed by atoms with Gasteiger partial charge < -0.3 is 9.47 Å². The van der Waals surface area contributed by atoms with Gasteiger partial charge in [-0.25, -0.2) is 0 Å². The average Bonchev–Trinajstić information content (AvgIpc) is 2.62. The molecule has 74 valence electrons. The van der Waals surface area contributed by atoms with Crippen molar-refractivity contribution in [2.45, 2.75) is 4.84 Å². The van der Waals surface area contributed by atoms with Crippen molar-refractivity contribution in [2.24, 2.45) is 0 Å². The minimum absolute atomic E-state index is 0.179. The Morgan fingerprint density at radius 1 is 1.29 bits per heavy atom. The molecule has 2 rings (SSSR count). The summed E-state index contributed by atoms with van der Waals surface area (Å²) in [5.74, 6) is 0.832. The van der Waals surface area contributed by atoms with Crippen LogP contribution in [0.5, 0.6) is 11.5 Å².